The summed E-state index contributed by atoms with van der Waals surface area (Å²) < 4.78 is 0. The summed E-state index contributed by atoms with van der Waals surface area (Å²) in [4.78, 5) is 11.9. The normalized spacial score (nSPS) is 16.7. The minimum atomic E-state index is -0.0730. The van der Waals surface area contributed by atoms with Gasteiger partial charge in [-0.05, 0) is 37.0 Å². The number of aryl methyl sites for hydroxylation is 1. The molecule has 1 aliphatic carbocycles. The van der Waals surface area contributed by atoms with E-state index in [-0.39, 0.29) is 6.03 Å². The summed E-state index contributed by atoms with van der Waals surface area (Å²) in [5, 5.41) is 6.00. The molecule has 0 saturated heterocycles. The van der Waals surface area contributed by atoms with E-state index in [4.69, 9.17) is 0 Å². The molecule has 3 heteroatoms. The lowest BCUT2D eigenvalue weighted by atomic mass is 10.1. The van der Waals surface area contributed by atoms with Crippen LogP contribution in [-0.2, 0) is 6.42 Å². The van der Waals surface area contributed by atoms with Crippen LogP contribution in [0.2, 0.25) is 0 Å². The lowest BCUT2D eigenvalue weighted by Crippen LogP contribution is -2.37. The van der Waals surface area contributed by atoms with E-state index in [0.717, 1.165) is 24.9 Å². The minimum Gasteiger partial charge on any atom is -0.335 e. The average Bonchev–Trinajstić information content (AvgIpc) is 2.68. The Labute approximate surface area is 115 Å². The number of carbonyl (C=O) groups is 1. The van der Waals surface area contributed by atoms with Crippen molar-refractivity contribution in [2.45, 2.75) is 57.9 Å². The van der Waals surface area contributed by atoms with Gasteiger partial charge in [-0.25, -0.2) is 4.79 Å². The third-order valence-electron chi connectivity index (χ3n) is 3.81. The maximum Gasteiger partial charge on any atom is 0.319 e. The molecule has 0 radical (unpaired) electrons. The highest BCUT2D eigenvalue weighted by Gasteiger charge is 2.14. The number of rotatable bonds is 3. The zero-order valence-electron chi connectivity index (χ0n) is 11.7. The van der Waals surface area contributed by atoms with Crippen molar-refractivity contribution in [3.05, 3.63) is 29.8 Å². The van der Waals surface area contributed by atoms with Crippen molar-refractivity contribution in [2.24, 2.45) is 0 Å². The van der Waals surface area contributed by atoms with Gasteiger partial charge in [0.05, 0.1) is 0 Å². The highest BCUT2D eigenvalue weighted by Crippen LogP contribution is 2.17. The zero-order valence-corrected chi connectivity index (χ0v) is 11.7. The molecule has 0 aromatic heterocycles. The maximum atomic E-state index is 11.9. The van der Waals surface area contributed by atoms with Crippen LogP contribution in [0.1, 0.15) is 51.0 Å². The van der Waals surface area contributed by atoms with Gasteiger partial charge >= 0.3 is 6.03 Å². The molecule has 1 aliphatic rings. The highest BCUT2D eigenvalue weighted by molar-refractivity contribution is 5.89. The molecule has 104 valence electrons. The second-order valence-electron chi connectivity index (χ2n) is 5.34. The summed E-state index contributed by atoms with van der Waals surface area (Å²) in [6, 6.07) is 8.31. The Kier molecular flexibility index (Phi) is 5.25. The molecule has 0 spiro atoms. The van der Waals surface area contributed by atoms with Crippen molar-refractivity contribution < 1.29 is 4.79 Å². The molecule has 3 nitrogen and oxygen atoms in total. The predicted molar refractivity (Wildman–Crippen MR) is 79.5 cm³/mol. The van der Waals surface area contributed by atoms with Crippen LogP contribution in [0, 0.1) is 0 Å². The second kappa shape index (κ2) is 7.17. The molecule has 0 aliphatic heterocycles. The van der Waals surface area contributed by atoms with Crippen LogP contribution >= 0.6 is 0 Å². The lowest BCUT2D eigenvalue weighted by molar-refractivity contribution is 0.247. The molecule has 1 aromatic rings. The number of anilines is 1. The van der Waals surface area contributed by atoms with E-state index in [2.05, 4.69) is 29.7 Å². The number of urea groups is 1. The molecule has 1 saturated carbocycles. The van der Waals surface area contributed by atoms with E-state index < -0.39 is 0 Å². The van der Waals surface area contributed by atoms with Crippen molar-refractivity contribution >= 4 is 11.7 Å². The van der Waals surface area contributed by atoms with Crippen LogP contribution in [0.3, 0.4) is 0 Å². The summed E-state index contributed by atoms with van der Waals surface area (Å²) in [6.07, 6.45) is 8.32. The average molecular weight is 260 g/mol. The molecule has 2 amide bonds. The maximum absolute atomic E-state index is 11.9. The van der Waals surface area contributed by atoms with Crippen LogP contribution < -0.4 is 10.6 Å². The fourth-order valence-electron chi connectivity index (χ4n) is 2.60. The van der Waals surface area contributed by atoms with Gasteiger partial charge in [-0.15, -0.1) is 0 Å². The zero-order chi connectivity index (χ0) is 13.5. The Morgan fingerprint density at radius 2 is 1.74 bits per heavy atom. The van der Waals surface area contributed by atoms with Crippen molar-refractivity contribution in [2.75, 3.05) is 5.32 Å². The largest absolute Gasteiger partial charge is 0.335 e. The predicted octanol–water partition coefficient (Wildman–Crippen LogP) is 4.09. The Hall–Kier alpha value is -1.51. The van der Waals surface area contributed by atoms with Gasteiger partial charge in [0.2, 0.25) is 0 Å². The summed E-state index contributed by atoms with van der Waals surface area (Å²) in [6.45, 7) is 2.13. The Balaban J connectivity index is 1.82. The van der Waals surface area contributed by atoms with Crippen molar-refractivity contribution in [1.82, 2.24) is 5.32 Å². The monoisotopic (exact) mass is 260 g/mol. The van der Waals surface area contributed by atoms with E-state index >= 15 is 0 Å². The van der Waals surface area contributed by atoms with Gasteiger partial charge in [0.25, 0.3) is 0 Å². The standard InChI is InChI=1S/C16H24N2O/c1-2-13-9-11-15(12-10-13)18-16(19)17-14-7-5-3-4-6-8-14/h9-12,14H,2-8H2,1H3,(H2,17,18,19). The number of nitrogens with one attached hydrogen (secondary N) is 2. The van der Waals surface area contributed by atoms with Gasteiger partial charge in [-0.3, -0.25) is 0 Å². The third kappa shape index (κ3) is 4.58. The van der Waals surface area contributed by atoms with Crippen LogP contribution in [0.15, 0.2) is 24.3 Å². The molecule has 0 atom stereocenters. The first-order valence-electron chi connectivity index (χ1n) is 7.44. The van der Waals surface area contributed by atoms with Crippen LogP contribution in [0.4, 0.5) is 10.5 Å². The fraction of sp³-hybridized carbons (Fsp3) is 0.562. The first-order valence-corrected chi connectivity index (χ1v) is 7.44. The number of hydrogen-bond donors (Lipinski definition) is 2. The summed E-state index contributed by atoms with van der Waals surface area (Å²) in [7, 11) is 0. The lowest BCUT2D eigenvalue weighted by Gasteiger charge is -2.16. The minimum absolute atomic E-state index is 0.0730. The molecular weight excluding hydrogens is 236 g/mol. The van der Waals surface area contributed by atoms with Crippen LogP contribution in [0.5, 0.6) is 0 Å². The van der Waals surface area contributed by atoms with E-state index in [1.807, 2.05) is 12.1 Å². The third-order valence-corrected chi connectivity index (χ3v) is 3.81. The van der Waals surface area contributed by atoms with Crippen molar-refractivity contribution in [1.29, 1.82) is 0 Å². The first-order chi connectivity index (χ1) is 9.28. The van der Waals surface area contributed by atoms with E-state index in [0.29, 0.717) is 6.04 Å². The Morgan fingerprint density at radius 1 is 1.11 bits per heavy atom. The van der Waals surface area contributed by atoms with Gasteiger partial charge in [-0.1, -0.05) is 44.7 Å². The molecule has 2 N–H and O–H groups in total. The molecule has 1 aromatic carbocycles. The first kappa shape index (κ1) is 13.9. The van der Waals surface area contributed by atoms with Gasteiger partial charge in [-0.2, -0.15) is 0 Å². The second-order valence-corrected chi connectivity index (χ2v) is 5.34. The summed E-state index contributed by atoms with van der Waals surface area (Å²) in [5.41, 5.74) is 2.15. The quantitative estimate of drug-likeness (QED) is 0.789. The van der Waals surface area contributed by atoms with E-state index in [9.17, 15) is 4.79 Å². The van der Waals surface area contributed by atoms with Gasteiger partial charge < -0.3 is 10.6 Å². The molecular formula is C16H24N2O. The number of carbonyl (C=O) groups excluding carboxylic acids is 1. The number of hydrogen-bond acceptors (Lipinski definition) is 1. The van der Waals surface area contributed by atoms with Crippen molar-refractivity contribution in [3.8, 4) is 0 Å². The van der Waals surface area contributed by atoms with Crippen LogP contribution in [-0.4, -0.2) is 12.1 Å². The highest BCUT2D eigenvalue weighted by atomic mass is 16.2. The van der Waals surface area contributed by atoms with Crippen molar-refractivity contribution in [3.63, 3.8) is 0 Å². The summed E-state index contributed by atoms with van der Waals surface area (Å²) >= 11 is 0. The van der Waals surface area contributed by atoms with E-state index in [1.54, 1.807) is 0 Å². The number of amides is 2. The molecule has 1 fully saturated rings. The molecule has 0 heterocycles. The smallest absolute Gasteiger partial charge is 0.319 e. The summed E-state index contributed by atoms with van der Waals surface area (Å²) in [5.74, 6) is 0. The number of benzene rings is 1. The molecule has 19 heavy (non-hydrogen) atoms. The Morgan fingerprint density at radius 3 is 2.32 bits per heavy atom. The van der Waals surface area contributed by atoms with Crippen LogP contribution in [0.25, 0.3) is 0 Å². The molecule has 0 bridgehead atoms. The fourth-order valence-corrected chi connectivity index (χ4v) is 2.60. The SMILES string of the molecule is CCc1ccc(NC(=O)NC2CCCCCC2)cc1. The van der Waals surface area contributed by atoms with E-state index in [1.165, 1.54) is 31.2 Å². The topological polar surface area (TPSA) is 41.1 Å². The van der Waals surface area contributed by atoms with Gasteiger partial charge in [0.1, 0.15) is 0 Å². The molecule has 0 unspecified atom stereocenters. The Bertz CT molecular complexity index is 392. The van der Waals surface area contributed by atoms with Gasteiger partial charge in [0.15, 0.2) is 0 Å². The molecule has 2 rings (SSSR count). The van der Waals surface area contributed by atoms with Gasteiger partial charge in [0, 0.05) is 11.7 Å².